The molecule has 1 aromatic carbocycles. The zero-order valence-corrected chi connectivity index (χ0v) is 9.28. The van der Waals surface area contributed by atoms with Crippen molar-refractivity contribution in [2.24, 2.45) is 0 Å². The van der Waals surface area contributed by atoms with Gasteiger partial charge in [0.25, 0.3) is 0 Å². The lowest BCUT2D eigenvalue weighted by Crippen LogP contribution is -2.02. The molecule has 17 heavy (non-hydrogen) atoms. The molecular weight excluding hydrogens is 226 g/mol. The zero-order valence-electron chi connectivity index (χ0n) is 9.28. The minimum atomic E-state index is -1.29. The SMILES string of the molecule is CCc1ccc(C(O)c2cc(F)ccc2F)o1. The van der Waals surface area contributed by atoms with E-state index < -0.39 is 17.7 Å². The molecule has 2 rings (SSSR count). The van der Waals surface area contributed by atoms with Crippen molar-refractivity contribution in [3.63, 3.8) is 0 Å². The molecule has 0 aliphatic heterocycles. The first kappa shape index (κ1) is 11.8. The van der Waals surface area contributed by atoms with Crippen molar-refractivity contribution in [1.29, 1.82) is 0 Å². The van der Waals surface area contributed by atoms with Crippen LogP contribution in [0.5, 0.6) is 0 Å². The Hall–Kier alpha value is -1.68. The van der Waals surface area contributed by atoms with Gasteiger partial charge in [0.1, 0.15) is 29.3 Å². The highest BCUT2D eigenvalue weighted by Crippen LogP contribution is 2.26. The quantitative estimate of drug-likeness (QED) is 0.890. The Balaban J connectivity index is 2.35. The molecule has 0 aliphatic carbocycles. The summed E-state index contributed by atoms with van der Waals surface area (Å²) in [4.78, 5) is 0. The van der Waals surface area contributed by atoms with E-state index in [1.165, 1.54) is 0 Å². The van der Waals surface area contributed by atoms with E-state index in [1.54, 1.807) is 12.1 Å². The van der Waals surface area contributed by atoms with E-state index in [1.807, 2.05) is 6.92 Å². The lowest BCUT2D eigenvalue weighted by atomic mass is 10.1. The number of hydrogen-bond acceptors (Lipinski definition) is 2. The molecular formula is C13H12F2O2. The maximum absolute atomic E-state index is 13.4. The van der Waals surface area contributed by atoms with Crippen molar-refractivity contribution in [3.8, 4) is 0 Å². The maximum Gasteiger partial charge on any atom is 0.140 e. The number of aliphatic hydroxyl groups excluding tert-OH is 1. The Bertz CT molecular complexity index is 520. The zero-order chi connectivity index (χ0) is 12.4. The van der Waals surface area contributed by atoms with Gasteiger partial charge in [0.2, 0.25) is 0 Å². The highest BCUT2D eigenvalue weighted by atomic mass is 19.1. The van der Waals surface area contributed by atoms with Crippen molar-refractivity contribution < 1.29 is 18.3 Å². The first-order valence-corrected chi connectivity index (χ1v) is 5.33. The molecule has 4 heteroatoms. The molecule has 0 radical (unpaired) electrons. The third kappa shape index (κ3) is 2.36. The van der Waals surface area contributed by atoms with Crippen molar-refractivity contribution in [2.45, 2.75) is 19.4 Å². The Morgan fingerprint density at radius 2 is 2.00 bits per heavy atom. The van der Waals surface area contributed by atoms with Crippen LogP contribution in [0, 0.1) is 11.6 Å². The highest BCUT2D eigenvalue weighted by molar-refractivity contribution is 5.27. The fourth-order valence-electron chi connectivity index (χ4n) is 1.61. The van der Waals surface area contributed by atoms with Crippen LogP contribution in [-0.2, 0) is 6.42 Å². The van der Waals surface area contributed by atoms with Gasteiger partial charge in [-0.3, -0.25) is 0 Å². The standard InChI is InChI=1S/C13H12F2O2/c1-2-9-4-6-12(17-9)13(16)10-7-8(14)3-5-11(10)15/h3-7,13,16H,2H2,1H3. The van der Waals surface area contributed by atoms with E-state index in [0.29, 0.717) is 12.2 Å². The molecule has 0 saturated carbocycles. The molecule has 1 unspecified atom stereocenters. The summed E-state index contributed by atoms with van der Waals surface area (Å²) in [5.74, 6) is -0.349. The minimum absolute atomic E-state index is 0.123. The van der Waals surface area contributed by atoms with Crippen LogP contribution in [-0.4, -0.2) is 5.11 Å². The van der Waals surface area contributed by atoms with Crippen LogP contribution in [0.4, 0.5) is 8.78 Å². The summed E-state index contributed by atoms with van der Waals surface area (Å²) in [5, 5.41) is 9.91. The van der Waals surface area contributed by atoms with E-state index in [-0.39, 0.29) is 11.3 Å². The van der Waals surface area contributed by atoms with E-state index in [9.17, 15) is 13.9 Å². The molecule has 0 bridgehead atoms. The number of hydrogen-bond donors (Lipinski definition) is 1. The van der Waals surface area contributed by atoms with Crippen LogP contribution in [0.3, 0.4) is 0 Å². The first-order chi connectivity index (χ1) is 8.11. The van der Waals surface area contributed by atoms with Gasteiger partial charge in [-0.05, 0) is 30.3 Å². The molecule has 2 nitrogen and oxygen atoms in total. The Morgan fingerprint density at radius 3 is 2.65 bits per heavy atom. The third-order valence-corrected chi connectivity index (χ3v) is 2.55. The van der Waals surface area contributed by atoms with E-state index in [0.717, 1.165) is 18.2 Å². The van der Waals surface area contributed by atoms with Crippen LogP contribution in [0.25, 0.3) is 0 Å². The smallest absolute Gasteiger partial charge is 0.140 e. The van der Waals surface area contributed by atoms with Crippen LogP contribution in [0.2, 0.25) is 0 Å². The van der Waals surface area contributed by atoms with Gasteiger partial charge in [-0.2, -0.15) is 0 Å². The van der Waals surface area contributed by atoms with E-state index in [4.69, 9.17) is 4.42 Å². The monoisotopic (exact) mass is 238 g/mol. The largest absolute Gasteiger partial charge is 0.463 e. The minimum Gasteiger partial charge on any atom is -0.463 e. The second-order valence-corrected chi connectivity index (χ2v) is 3.73. The van der Waals surface area contributed by atoms with Crippen LogP contribution >= 0.6 is 0 Å². The molecule has 1 N–H and O–H groups in total. The molecule has 1 atom stereocenters. The molecule has 0 saturated heterocycles. The number of benzene rings is 1. The molecule has 1 heterocycles. The molecule has 0 amide bonds. The van der Waals surface area contributed by atoms with E-state index >= 15 is 0 Å². The van der Waals surface area contributed by atoms with Crippen molar-refractivity contribution in [1.82, 2.24) is 0 Å². The summed E-state index contributed by atoms with van der Waals surface area (Å²) in [6, 6.07) is 6.22. The van der Waals surface area contributed by atoms with E-state index in [2.05, 4.69) is 0 Å². The van der Waals surface area contributed by atoms with Crippen molar-refractivity contribution in [3.05, 3.63) is 59.1 Å². The maximum atomic E-state index is 13.4. The van der Waals surface area contributed by atoms with Gasteiger partial charge < -0.3 is 9.52 Å². The summed E-state index contributed by atoms with van der Waals surface area (Å²) in [6.45, 7) is 1.90. The van der Waals surface area contributed by atoms with Gasteiger partial charge in [0.15, 0.2) is 0 Å². The first-order valence-electron chi connectivity index (χ1n) is 5.33. The number of rotatable bonds is 3. The summed E-state index contributed by atoms with van der Waals surface area (Å²) < 4.78 is 31.7. The molecule has 1 aromatic heterocycles. The van der Waals surface area contributed by atoms with Gasteiger partial charge in [-0.1, -0.05) is 6.92 Å². The average molecular weight is 238 g/mol. The summed E-state index contributed by atoms with van der Waals surface area (Å²) in [5.41, 5.74) is -0.123. The summed E-state index contributed by atoms with van der Waals surface area (Å²) in [6.07, 6.45) is -0.607. The molecule has 0 fully saturated rings. The molecule has 0 aliphatic rings. The fraction of sp³-hybridized carbons (Fsp3) is 0.231. The number of halogens is 2. The Morgan fingerprint density at radius 1 is 1.24 bits per heavy atom. The van der Waals surface area contributed by atoms with Crippen molar-refractivity contribution >= 4 is 0 Å². The predicted octanol–water partition coefficient (Wildman–Crippen LogP) is 3.20. The van der Waals surface area contributed by atoms with Gasteiger partial charge >= 0.3 is 0 Å². The Kier molecular flexibility index (Phi) is 3.24. The normalized spacial score (nSPS) is 12.7. The second kappa shape index (κ2) is 4.67. The lowest BCUT2D eigenvalue weighted by molar-refractivity contribution is 0.182. The molecule has 0 spiro atoms. The summed E-state index contributed by atoms with van der Waals surface area (Å²) in [7, 11) is 0. The highest BCUT2D eigenvalue weighted by Gasteiger charge is 2.19. The van der Waals surface area contributed by atoms with Gasteiger partial charge in [0.05, 0.1) is 0 Å². The van der Waals surface area contributed by atoms with Crippen molar-refractivity contribution in [2.75, 3.05) is 0 Å². The van der Waals surface area contributed by atoms with Gasteiger partial charge in [-0.15, -0.1) is 0 Å². The lowest BCUT2D eigenvalue weighted by Gasteiger charge is -2.09. The number of aliphatic hydroxyl groups is 1. The number of furan rings is 1. The van der Waals surface area contributed by atoms with Crippen LogP contribution in [0.15, 0.2) is 34.7 Å². The van der Waals surface area contributed by atoms with Gasteiger partial charge in [0, 0.05) is 12.0 Å². The Labute approximate surface area is 97.5 Å². The molecule has 2 aromatic rings. The summed E-state index contributed by atoms with van der Waals surface area (Å²) >= 11 is 0. The average Bonchev–Trinajstić information content (AvgIpc) is 2.80. The molecule has 90 valence electrons. The third-order valence-electron chi connectivity index (χ3n) is 2.55. The second-order valence-electron chi connectivity index (χ2n) is 3.73. The topological polar surface area (TPSA) is 33.4 Å². The number of aryl methyl sites for hydroxylation is 1. The van der Waals surface area contributed by atoms with Gasteiger partial charge in [-0.25, -0.2) is 8.78 Å². The van der Waals surface area contributed by atoms with Crippen LogP contribution in [0.1, 0.15) is 30.1 Å². The van der Waals surface area contributed by atoms with Crippen LogP contribution < -0.4 is 0 Å². The fourth-order valence-corrected chi connectivity index (χ4v) is 1.61. The predicted molar refractivity (Wildman–Crippen MR) is 58.5 cm³/mol.